The van der Waals surface area contributed by atoms with E-state index >= 15 is 0 Å². The molecule has 1 aliphatic rings. The number of hydrogen-bond acceptors (Lipinski definition) is 4. The Balaban J connectivity index is 1.37. The normalized spacial score (nSPS) is 14.0. The molecule has 0 spiro atoms. The Hall–Kier alpha value is -3.34. The van der Waals surface area contributed by atoms with Gasteiger partial charge in [0.2, 0.25) is 0 Å². The van der Waals surface area contributed by atoms with Crippen molar-refractivity contribution in [3.8, 4) is 0 Å². The van der Waals surface area contributed by atoms with Gasteiger partial charge in [0.05, 0.1) is 0 Å². The van der Waals surface area contributed by atoms with E-state index in [9.17, 15) is 4.79 Å². The summed E-state index contributed by atoms with van der Waals surface area (Å²) in [5.74, 6) is -0.145. The Bertz CT molecular complexity index is 906. The van der Waals surface area contributed by atoms with Gasteiger partial charge in [-0.2, -0.15) is 0 Å². The molecule has 0 atom stereocenters. The Kier molecular flexibility index (Phi) is 5.52. The minimum Gasteiger partial charge on any atom is -0.368 e. The summed E-state index contributed by atoms with van der Waals surface area (Å²) in [6.45, 7) is 4.26. The first-order chi connectivity index (χ1) is 13.8. The number of amides is 1. The maximum absolute atomic E-state index is 12.5. The van der Waals surface area contributed by atoms with Gasteiger partial charge in [0.15, 0.2) is 0 Å². The summed E-state index contributed by atoms with van der Waals surface area (Å²) in [5.41, 5.74) is 3.84. The van der Waals surface area contributed by atoms with Crippen molar-refractivity contribution in [1.29, 1.82) is 0 Å². The molecule has 1 N–H and O–H groups in total. The smallest absolute Gasteiger partial charge is 0.270 e. The number of benzene rings is 2. The van der Waals surface area contributed by atoms with E-state index in [1.807, 2.05) is 48.5 Å². The lowest BCUT2D eigenvalue weighted by Gasteiger charge is -2.37. The quantitative estimate of drug-likeness (QED) is 0.746. The average molecular weight is 372 g/mol. The molecule has 0 aliphatic carbocycles. The third kappa shape index (κ3) is 4.31. The molecule has 0 unspecified atom stereocenters. The lowest BCUT2D eigenvalue weighted by atomic mass is 10.2. The molecule has 28 heavy (non-hydrogen) atoms. The number of aromatic nitrogens is 1. The summed E-state index contributed by atoms with van der Waals surface area (Å²) in [4.78, 5) is 21.5. The highest BCUT2D eigenvalue weighted by atomic mass is 16.1. The first kappa shape index (κ1) is 18.0. The van der Waals surface area contributed by atoms with Crippen LogP contribution in [0.4, 0.5) is 11.4 Å². The van der Waals surface area contributed by atoms with Crippen LogP contribution in [0.25, 0.3) is 0 Å². The Morgan fingerprint density at radius 3 is 2.11 bits per heavy atom. The van der Waals surface area contributed by atoms with Crippen LogP contribution in [-0.4, -0.2) is 37.1 Å². The highest BCUT2D eigenvalue weighted by Gasteiger charge is 2.18. The SMILES string of the molecule is O=C(NCc1ccccc1)c1cc(N2CCN(c3ccccc3)CC2)ccn1. The lowest BCUT2D eigenvalue weighted by molar-refractivity contribution is 0.0946. The first-order valence-corrected chi connectivity index (χ1v) is 9.63. The fourth-order valence-electron chi connectivity index (χ4n) is 3.47. The molecule has 0 bridgehead atoms. The maximum atomic E-state index is 12.5. The molecule has 142 valence electrons. The van der Waals surface area contributed by atoms with Crippen LogP contribution in [0.1, 0.15) is 16.1 Å². The van der Waals surface area contributed by atoms with Crippen molar-refractivity contribution in [1.82, 2.24) is 10.3 Å². The topological polar surface area (TPSA) is 48.5 Å². The van der Waals surface area contributed by atoms with Crippen molar-refractivity contribution >= 4 is 17.3 Å². The van der Waals surface area contributed by atoms with Gasteiger partial charge in [-0.3, -0.25) is 9.78 Å². The number of hydrogen-bond donors (Lipinski definition) is 1. The van der Waals surface area contributed by atoms with Crippen molar-refractivity contribution < 1.29 is 4.79 Å². The third-order valence-electron chi connectivity index (χ3n) is 5.04. The van der Waals surface area contributed by atoms with Crippen molar-refractivity contribution in [3.05, 3.63) is 90.3 Å². The van der Waals surface area contributed by atoms with Crippen LogP contribution in [-0.2, 0) is 6.54 Å². The van der Waals surface area contributed by atoms with Crippen LogP contribution in [0.15, 0.2) is 79.0 Å². The lowest BCUT2D eigenvalue weighted by Crippen LogP contribution is -2.46. The molecule has 5 heteroatoms. The third-order valence-corrected chi connectivity index (χ3v) is 5.04. The van der Waals surface area contributed by atoms with Crippen molar-refractivity contribution in [2.24, 2.45) is 0 Å². The van der Waals surface area contributed by atoms with Gasteiger partial charge in [-0.1, -0.05) is 48.5 Å². The second-order valence-corrected chi connectivity index (χ2v) is 6.88. The zero-order valence-corrected chi connectivity index (χ0v) is 15.8. The zero-order valence-electron chi connectivity index (χ0n) is 15.8. The average Bonchev–Trinajstić information content (AvgIpc) is 2.79. The number of carbonyl (C=O) groups is 1. The summed E-state index contributed by atoms with van der Waals surface area (Å²) in [5, 5.41) is 2.95. The van der Waals surface area contributed by atoms with Crippen LogP contribution < -0.4 is 15.1 Å². The molecule has 5 nitrogen and oxygen atoms in total. The monoisotopic (exact) mass is 372 g/mol. The van der Waals surface area contributed by atoms with E-state index in [-0.39, 0.29) is 5.91 Å². The van der Waals surface area contributed by atoms with Gasteiger partial charge in [-0.15, -0.1) is 0 Å². The van der Waals surface area contributed by atoms with E-state index in [4.69, 9.17) is 0 Å². The first-order valence-electron chi connectivity index (χ1n) is 9.63. The van der Waals surface area contributed by atoms with Gasteiger partial charge >= 0.3 is 0 Å². The van der Waals surface area contributed by atoms with E-state index in [1.54, 1.807) is 6.20 Å². The predicted molar refractivity (Wildman–Crippen MR) is 113 cm³/mol. The summed E-state index contributed by atoms with van der Waals surface area (Å²) in [7, 11) is 0. The molecule has 0 saturated carbocycles. The molecular formula is C23H24N4O. The van der Waals surface area contributed by atoms with E-state index in [2.05, 4.69) is 44.4 Å². The molecule has 3 aromatic rings. The predicted octanol–water partition coefficient (Wildman–Crippen LogP) is 3.34. The standard InChI is InChI=1S/C23H24N4O/c28-23(25-18-19-7-3-1-4-8-19)22-17-21(11-12-24-22)27-15-13-26(14-16-27)20-9-5-2-6-10-20/h1-12,17H,13-16,18H2,(H,25,28). The van der Waals surface area contributed by atoms with Gasteiger partial charge in [-0.05, 0) is 29.8 Å². The molecule has 1 fully saturated rings. The minimum atomic E-state index is -0.145. The van der Waals surface area contributed by atoms with E-state index in [1.165, 1.54) is 5.69 Å². The van der Waals surface area contributed by atoms with Crippen LogP contribution in [0.3, 0.4) is 0 Å². The summed E-state index contributed by atoms with van der Waals surface area (Å²) in [6.07, 6.45) is 1.72. The van der Waals surface area contributed by atoms with Crippen LogP contribution >= 0.6 is 0 Å². The van der Waals surface area contributed by atoms with E-state index in [0.29, 0.717) is 12.2 Å². The number of piperazine rings is 1. The van der Waals surface area contributed by atoms with Gasteiger partial charge in [-0.25, -0.2) is 0 Å². The summed E-state index contributed by atoms with van der Waals surface area (Å²) < 4.78 is 0. The molecular weight excluding hydrogens is 348 g/mol. The second kappa shape index (κ2) is 8.57. The van der Waals surface area contributed by atoms with E-state index in [0.717, 1.165) is 37.4 Å². The maximum Gasteiger partial charge on any atom is 0.270 e. The van der Waals surface area contributed by atoms with Gasteiger partial charge in [0.1, 0.15) is 5.69 Å². The number of para-hydroxylation sites is 1. The molecule has 1 saturated heterocycles. The summed E-state index contributed by atoms with van der Waals surface area (Å²) in [6, 6.07) is 24.3. The van der Waals surface area contributed by atoms with Crippen molar-refractivity contribution in [2.75, 3.05) is 36.0 Å². The highest BCUT2D eigenvalue weighted by Crippen LogP contribution is 2.20. The van der Waals surface area contributed by atoms with Crippen LogP contribution in [0.5, 0.6) is 0 Å². The number of nitrogens with zero attached hydrogens (tertiary/aromatic N) is 3. The van der Waals surface area contributed by atoms with Crippen molar-refractivity contribution in [3.63, 3.8) is 0 Å². The van der Waals surface area contributed by atoms with Crippen LogP contribution in [0, 0.1) is 0 Å². The number of pyridine rings is 1. The zero-order chi connectivity index (χ0) is 19.2. The Morgan fingerprint density at radius 2 is 1.43 bits per heavy atom. The summed E-state index contributed by atoms with van der Waals surface area (Å²) >= 11 is 0. The molecule has 4 rings (SSSR count). The highest BCUT2D eigenvalue weighted by molar-refractivity contribution is 5.93. The molecule has 1 aromatic heterocycles. The molecule has 1 amide bonds. The van der Waals surface area contributed by atoms with E-state index < -0.39 is 0 Å². The van der Waals surface area contributed by atoms with Gasteiger partial charge in [0.25, 0.3) is 5.91 Å². The Morgan fingerprint density at radius 1 is 0.821 bits per heavy atom. The molecule has 2 heterocycles. The molecule has 2 aromatic carbocycles. The van der Waals surface area contributed by atoms with Gasteiger partial charge < -0.3 is 15.1 Å². The fourth-order valence-corrected chi connectivity index (χ4v) is 3.47. The number of anilines is 2. The largest absolute Gasteiger partial charge is 0.368 e. The minimum absolute atomic E-state index is 0.145. The second-order valence-electron chi connectivity index (χ2n) is 6.88. The fraction of sp³-hybridized carbons (Fsp3) is 0.217. The van der Waals surface area contributed by atoms with Crippen LogP contribution in [0.2, 0.25) is 0 Å². The number of nitrogens with one attached hydrogen (secondary N) is 1. The number of carbonyl (C=O) groups excluding carboxylic acids is 1. The number of rotatable bonds is 5. The molecule has 1 aliphatic heterocycles. The molecule has 0 radical (unpaired) electrons. The Labute approximate surface area is 165 Å². The van der Waals surface area contributed by atoms with Gasteiger partial charge in [0, 0.05) is 50.3 Å². The van der Waals surface area contributed by atoms with Crippen molar-refractivity contribution in [2.45, 2.75) is 6.54 Å².